The van der Waals surface area contributed by atoms with Crippen molar-refractivity contribution in [2.75, 3.05) is 17.2 Å². The third-order valence-corrected chi connectivity index (χ3v) is 6.12. The Bertz CT molecular complexity index is 1200. The first-order chi connectivity index (χ1) is 15.3. The molecule has 2 N–H and O–H groups in total. The summed E-state index contributed by atoms with van der Waals surface area (Å²) in [7, 11) is 0. The summed E-state index contributed by atoms with van der Waals surface area (Å²) in [6.45, 7) is 2.39. The lowest BCUT2D eigenvalue weighted by Gasteiger charge is -2.07. The molecule has 0 aliphatic carbocycles. The zero-order valence-corrected chi connectivity index (χ0v) is 18.1. The molecule has 4 nitrogen and oxygen atoms in total. The van der Waals surface area contributed by atoms with Crippen LogP contribution in [0.15, 0.2) is 42.5 Å². The van der Waals surface area contributed by atoms with Crippen LogP contribution in [0.3, 0.4) is 0 Å². The molecule has 0 radical (unpaired) electrons. The van der Waals surface area contributed by atoms with Crippen molar-refractivity contribution in [1.29, 1.82) is 0 Å². The van der Waals surface area contributed by atoms with Crippen molar-refractivity contribution in [3.63, 3.8) is 0 Å². The number of hydrogen-bond acceptors (Lipinski definition) is 4. The smallest absolute Gasteiger partial charge is 0.361 e. The molecule has 4 rings (SSSR count). The number of thiazole rings is 1. The average molecular weight is 456 g/mol. The van der Waals surface area contributed by atoms with Crippen molar-refractivity contribution in [2.24, 2.45) is 0 Å². The molecule has 1 aliphatic rings. The zero-order valence-electron chi connectivity index (χ0n) is 17.3. The van der Waals surface area contributed by atoms with Crippen LogP contribution in [0.25, 0.3) is 10.4 Å². The SMILES string of the molecule is CC#Cc1nc(NCCCc2ccc(C(F)(F)F)cc2)sc1-c1ccc2c(c1)CC(=O)N2. The molecule has 2 aromatic carbocycles. The quantitative estimate of drug-likeness (QED) is 0.368. The van der Waals surface area contributed by atoms with Crippen LogP contribution < -0.4 is 10.6 Å². The zero-order chi connectivity index (χ0) is 22.7. The number of rotatable bonds is 6. The highest BCUT2D eigenvalue weighted by atomic mass is 32.1. The van der Waals surface area contributed by atoms with Crippen molar-refractivity contribution in [2.45, 2.75) is 32.4 Å². The molecule has 1 amide bonds. The van der Waals surface area contributed by atoms with Gasteiger partial charge in [-0.1, -0.05) is 35.5 Å². The molecule has 0 saturated carbocycles. The number of halogens is 3. The normalized spacial score (nSPS) is 12.7. The largest absolute Gasteiger partial charge is 0.416 e. The van der Waals surface area contributed by atoms with Crippen LogP contribution in [-0.4, -0.2) is 17.4 Å². The van der Waals surface area contributed by atoms with Gasteiger partial charge in [-0.25, -0.2) is 4.98 Å². The van der Waals surface area contributed by atoms with Gasteiger partial charge in [-0.3, -0.25) is 4.79 Å². The van der Waals surface area contributed by atoms with E-state index in [9.17, 15) is 18.0 Å². The minimum absolute atomic E-state index is 0.00886. The standard InChI is InChI=1S/C24H20F3N3OS/c1-2-4-20-22(16-8-11-19-17(13-16)14-21(31)29-19)32-23(30-20)28-12-3-5-15-6-9-18(10-7-15)24(25,26)27/h6-11,13H,3,5,12,14H2,1H3,(H,28,30)(H,29,31). The van der Waals surface area contributed by atoms with Gasteiger partial charge in [-0.15, -0.1) is 0 Å². The number of anilines is 2. The molecule has 164 valence electrons. The van der Waals surface area contributed by atoms with Crippen molar-refractivity contribution < 1.29 is 18.0 Å². The van der Waals surface area contributed by atoms with Gasteiger partial charge in [0.1, 0.15) is 5.69 Å². The maximum atomic E-state index is 12.7. The van der Waals surface area contributed by atoms with Gasteiger partial charge in [-0.2, -0.15) is 13.2 Å². The van der Waals surface area contributed by atoms with Gasteiger partial charge in [0.2, 0.25) is 5.91 Å². The maximum Gasteiger partial charge on any atom is 0.416 e. The number of hydrogen-bond donors (Lipinski definition) is 2. The van der Waals surface area contributed by atoms with E-state index in [1.54, 1.807) is 6.92 Å². The third-order valence-electron chi connectivity index (χ3n) is 5.06. The molecule has 3 aromatic rings. The molecule has 0 bridgehead atoms. The summed E-state index contributed by atoms with van der Waals surface area (Å²) in [6, 6.07) is 11.1. The second kappa shape index (κ2) is 9.05. The first-order valence-corrected chi connectivity index (χ1v) is 10.9. The topological polar surface area (TPSA) is 54.0 Å². The first kappa shape index (κ1) is 21.9. The van der Waals surface area contributed by atoms with Crippen LogP contribution in [0.5, 0.6) is 0 Å². The summed E-state index contributed by atoms with van der Waals surface area (Å²) >= 11 is 1.49. The fourth-order valence-corrected chi connectivity index (χ4v) is 4.46. The van der Waals surface area contributed by atoms with Gasteiger partial charge < -0.3 is 10.6 Å². The summed E-state index contributed by atoms with van der Waals surface area (Å²) in [5, 5.41) is 6.86. The molecular formula is C24H20F3N3OS. The minimum atomic E-state index is -4.31. The molecule has 0 atom stereocenters. The van der Waals surface area contributed by atoms with Gasteiger partial charge in [-0.05, 0) is 66.6 Å². The predicted octanol–water partition coefficient (Wildman–Crippen LogP) is 5.74. The molecular weight excluding hydrogens is 435 g/mol. The van der Waals surface area contributed by atoms with Gasteiger partial charge in [0, 0.05) is 12.2 Å². The highest BCUT2D eigenvalue weighted by Gasteiger charge is 2.29. The Hall–Kier alpha value is -3.31. The van der Waals surface area contributed by atoms with Crippen LogP contribution in [0.1, 0.15) is 35.7 Å². The summed E-state index contributed by atoms with van der Waals surface area (Å²) in [5.74, 6) is 5.92. The molecule has 1 aromatic heterocycles. The fourth-order valence-electron chi connectivity index (χ4n) is 3.51. The number of nitrogens with one attached hydrogen (secondary N) is 2. The van der Waals surface area contributed by atoms with E-state index in [4.69, 9.17) is 0 Å². The molecule has 0 saturated heterocycles. The number of aryl methyl sites for hydroxylation is 1. The predicted molar refractivity (Wildman–Crippen MR) is 121 cm³/mol. The summed E-state index contributed by atoms with van der Waals surface area (Å²) in [5.41, 5.74) is 3.67. The Morgan fingerprint density at radius 3 is 2.69 bits per heavy atom. The van der Waals surface area contributed by atoms with Gasteiger partial charge in [0.15, 0.2) is 5.13 Å². The molecule has 1 aliphatic heterocycles. The molecule has 2 heterocycles. The van der Waals surface area contributed by atoms with E-state index >= 15 is 0 Å². The van der Waals surface area contributed by atoms with Crippen LogP contribution in [0.4, 0.5) is 24.0 Å². The minimum Gasteiger partial charge on any atom is -0.361 e. The number of carbonyl (C=O) groups is 1. The van der Waals surface area contributed by atoms with Crippen molar-refractivity contribution in [1.82, 2.24) is 4.98 Å². The number of alkyl halides is 3. The molecule has 0 unspecified atom stereocenters. The monoisotopic (exact) mass is 455 g/mol. The van der Waals surface area contributed by atoms with E-state index < -0.39 is 11.7 Å². The number of amides is 1. The second-order valence-corrected chi connectivity index (χ2v) is 8.39. The Balaban J connectivity index is 1.40. The Morgan fingerprint density at radius 2 is 1.97 bits per heavy atom. The Kier molecular flexibility index (Phi) is 6.19. The second-order valence-electron chi connectivity index (χ2n) is 7.39. The van der Waals surface area contributed by atoms with E-state index in [1.807, 2.05) is 18.2 Å². The molecule has 32 heavy (non-hydrogen) atoms. The van der Waals surface area contributed by atoms with Crippen LogP contribution in [-0.2, 0) is 23.8 Å². The van der Waals surface area contributed by atoms with E-state index in [-0.39, 0.29) is 5.91 Å². The van der Waals surface area contributed by atoms with E-state index in [0.717, 1.165) is 50.9 Å². The number of aromatic nitrogens is 1. The average Bonchev–Trinajstić information content (AvgIpc) is 3.32. The summed E-state index contributed by atoms with van der Waals surface area (Å²) < 4.78 is 38.0. The van der Waals surface area contributed by atoms with Gasteiger partial charge in [0.25, 0.3) is 0 Å². The number of benzene rings is 2. The van der Waals surface area contributed by atoms with Gasteiger partial charge >= 0.3 is 6.18 Å². The van der Waals surface area contributed by atoms with Crippen LogP contribution >= 0.6 is 11.3 Å². The number of fused-ring (bicyclic) bond motifs is 1. The lowest BCUT2D eigenvalue weighted by atomic mass is 10.1. The lowest BCUT2D eigenvalue weighted by Crippen LogP contribution is -2.05. The fraction of sp³-hybridized carbons (Fsp3) is 0.250. The van der Waals surface area contributed by atoms with Crippen molar-refractivity contribution >= 4 is 28.1 Å². The molecule has 0 fully saturated rings. The van der Waals surface area contributed by atoms with Gasteiger partial charge in [0.05, 0.1) is 16.9 Å². The van der Waals surface area contributed by atoms with E-state index in [1.165, 1.54) is 23.5 Å². The number of carbonyl (C=O) groups excluding carboxylic acids is 1. The maximum absolute atomic E-state index is 12.7. The first-order valence-electron chi connectivity index (χ1n) is 10.1. The summed E-state index contributed by atoms with van der Waals surface area (Å²) in [6.07, 6.45) is -2.53. The highest BCUT2D eigenvalue weighted by molar-refractivity contribution is 7.19. The molecule has 0 spiro atoms. The summed E-state index contributed by atoms with van der Waals surface area (Å²) in [4.78, 5) is 17.2. The Labute approximate surface area is 187 Å². The lowest BCUT2D eigenvalue weighted by molar-refractivity contribution is -0.137. The van der Waals surface area contributed by atoms with Crippen LogP contribution in [0, 0.1) is 11.8 Å². The van der Waals surface area contributed by atoms with Crippen molar-refractivity contribution in [3.8, 4) is 22.3 Å². The van der Waals surface area contributed by atoms with Crippen LogP contribution in [0.2, 0.25) is 0 Å². The number of nitrogens with zero attached hydrogens (tertiary/aromatic N) is 1. The third kappa shape index (κ3) is 4.94. The Morgan fingerprint density at radius 1 is 1.19 bits per heavy atom. The molecule has 8 heteroatoms. The highest BCUT2D eigenvalue weighted by Crippen LogP contribution is 2.36. The van der Waals surface area contributed by atoms with E-state index in [2.05, 4.69) is 27.5 Å². The van der Waals surface area contributed by atoms with E-state index in [0.29, 0.717) is 25.1 Å². The van der Waals surface area contributed by atoms with Crippen molar-refractivity contribution in [3.05, 3.63) is 64.8 Å².